The molecule has 0 bridgehead atoms. The van der Waals surface area contributed by atoms with Gasteiger partial charge in [0.2, 0.25) is 0 Å². The number of halogens is 1. The predicted octanol–water partition coefficient (Wildman–Crippen LogP) is 3.11. The summed E-state index contributed by atoms with van der Waals surface area (Å²) >= 11 is 7.91. The third-order valence-electron chi connectivity index (χ3n) is 2.49. The van der Waals surface area contributed by atoms with E-state index in [1.165, 1.54) is 5.56 Å². The Morgan fingerprint density at radius 3 is 2.89 bits per heavy atom. The predicted molar refractivity (Wildman–Crippen MR) is 76.1 cm³/mol. The molecule has 1 atom stereocenters. The fourth-order valence-corrected chi connectivity index (χ4v) is 3.04. The van der Waals surface area contributed by atoms with Crippen molar-refractivity contribution < 1.29 is 0 Å². The Morgan fingerprint density at radius 1 is 1.50 bits per heavy atom. The van der Waals surface area contributed by atoms with Gasteiger partial charge in [-0.05, 0) is 25.0 Å². The SMILES string of the molecule is CC(N)Cc1cccc(Cl)c1Sc1cnn(C)c1. The van der Waals surface area contributed by atoms with Gasteiger partial charge in [0.05, 0.1) is 16.1 Å². The molecule has 0 spiro atoms. The molecule has 2 N–H and O–H groups in total. The third-order valence-corrected chi connectivity index (χ3v) is 4.05. The van der Waals surface area contributed by atoms with Crippen molar-refractivity contribution in [3.63, 3.8) is 0 Å². The summed E-state index contributed by atoms with van der Waals surface area (Å²) in [6.45, 7) is 2.00. The van der Waals surface area contributed by atoms with Crippen molar-refractivity contribution in [2.75, 3.05) is 0 Å². The van der Waals surface area contributed by atoms with Crippen molar-refractivity contribution in [3.8, 4) is 0 Å². The standard InChI is InChI=1S/C13H16ClN3S/c1-9(15)6-10-4-3-5-12(14)13(10)18-11-7-16-17(2)8-11/h3-5,7-9H,6,15H2,1-2H3. The van der Waals surface area contributed by atoms with Crippen LogP contribution in [0.15, 0.2) is 40.4 Å². The van der Waals surface area contributed by atoms with Crippen LogP contribution in [0.3, 0.4) is 0 Å². The van der Waals surface area contributed by atoms with Crippen LogP contribution in [-0.4, -0.2) is 15.8 Å². The van der Waals surface area contributed by atoms with Crippen molar-refractivity contribution >= 4 is 23.4 Å². The molecule has 2 aromatic rings. The van der Waals surface area contributed by atoms with Gasteiger partial charge in [0.1, 0.15) is 0 Å². The van der Waals surface area contributed by atoms with Gasteiger partial charge in [-0.25, -0.2) is 0 Å². The number of aromatic nitrogens is 2. The molecule has 96 valence electrons. The average molecular weight is 282 g/mol. The number of aryl methyl sites for hydroxylation is 1. The van der Waals surface area contributed by atoms with Gasteiger partial charge in [0.25, 0.3) is 0 Å². The van der Waals surface area contributed by atoms with Crippen molar-refractivity contribution in [1.29, 1.82) is 0 Å². The molecule has 0 radical (unpaired) electrons. The maximum absolute atomic E-state index is 6.28. The second-order valence-electron chi connectivity index (χ2n) is 4.36. The number of rotatable bonds is 4. The van der Waals surface area contributed by atoms with Gasteiger partial charge in [-0.3, -0.25) is 4.68 Å². The smallest absolute Gasteiger partial charge is 0.0629 e. The van der Waals surface area contributed by atoms with E-state index >= 15 is 0 Å². The first kappa shape index (κ1) is 13.5. The van der Waals surface area contributed by atoms with E-state index in [1.807, 2.05) is 38.5 Å². The lowest BCUT2D eigenvalue weighted by atomic mass is 10.1. The van der Waals surface area contributed by atoms with Crippen LogP contribution in [0.4, 0.5) is 0 Å². The van der Waals surface area contributed by atoms with E-state index in [0.717, 1.165) is 21.2 Å². The molecule has 0 saturated carbocycles. The van der Waals surface area contributed by atoms with Gasteiger partial charge in [-0.1, -0.05) is 35.5 Å². The molecule has 0 aliphatic carbocycles. The number of nitrogens with two attached hydrogens (primary N) is 1. The molecule has 3 nitrogen and oxygen atoms in total. The summed E-state index contributed by atoms with van der Waals surface area (Å²) in [6, 6.07) is 6.07. The Balaban J connectivity index is 2.30. The molecule has 0 fully saturated rings. The molecule has 0 aliphatic heterocycles. The van der Waals surface area contributed by atoms with Gasteiger partial charge in [-0.2, -0.15) is 5.10 Å². The first-order chi connectivity index (χ1) is 8.56. The van der Waals surface area contributed by atoms with Gasteiger partial charge in [0.15, 0.2) is 0 Å². The lowest BCUT2D eigenvalue weighted by Gasteiger charge is -2.12. The van der Waals surface area contributed by atoms with Crippen molar-refractivity contribution in [1.82, 2.24) is 9.78 Å². The molecule has 1 aromatic carbocycles. The topological polar surface area (TPSA) is 43.8 Å². The Hall–Kier alpha value is -0.970. The molecular formula is C13H16ClN3S. The molecular weight excluding hydrogens is 266 g/mol. The van der Waals surface area contributed by atoms with Crippen LogP contribution in [-0.2, 0) is 13.5 Å². The minimum Gasteiger partial charge on any atom is -0.328 e. The Kier molecular flexibility index (Phi) is 4.32. The fourth-order valence-electron chi connectivity index (χ4n) is 1.74. The molecule has 1 aromatic heterocycles. The summed E-state index contributed by atoms with van der Waals surface area (Å²) in [4.78, 5) is 2.15. The Morgan fingerprint density at radius 2 is 2.28 bits per heavy atom. The summed E-state index contributed by atoms with van der Waals surface area (Å²) in [6.07, 6.45) is 4.64. The van der Waals surface area contributed by atoms with Crippen LogP contribution in [0.2, 0.25) is 5.02 Å². The van der Waals surface area contributed by atoms with E-state index in [-0.39, 0.29) is 6.04 Å². The van der Waals surface area contributed by atoms with E-state index in [4.69, 9.17) is 17.3 Å². The van der Waals surface area contributed by atoms with E-state index in [9.17, 15) is 0 Å². The van der Waals surface area contributed by atoms with Gasteiger partial charge in [0, 0.05) is 24.2 Å². The maximum atomic E-state index is 6.28. The zero-order chi connectivity index (χ0) is 13.1. The van der Waals surface area contributed by atoms with Gasteiger partial charge >= 0.3 is 0 Å². The van der Waals surface area contributed by atoms with Crippen molar-refractivity contribution in [3.05, 3.63) is 41.2 Å². The lowest BCUT2D eigenvalue weighted by Crippen LogP contribution is -2.18. The number of hydrogen-bond acceptors (Lipinski definition) is 3. The second kappa shape index (κ2) is 5.78. The minimum atomic E-state index is 0.122. The normalized spacial score (nSPS) is 12.7. The van der Waals surface area contributed by atoms with E-state index in [2.05, 4.69) is 11.2 Å². The minimum absolute atomic E-state index is 0.122. The summed E-state index contributed by atoms with van der Waals surface area (Å²) in [5, 5.41) is 4.93. The van der Waals surface area contributed by atoms with Gasteiger partial charge in [-0.15, -0.1) is 0 Å². The van der Waals surface area contributed by atoms with Crippen molar-refractivity contribution in [2.24, 2.45) is 12.8 Å². The molecule has 1 heterocycles. The van der Waals surface area contributed by atoms with Gasteiger partial charge < -0.3 is 5.73 Å². The largest absolute Gasteiger partial charge is 0.328 e. The summed E-state index contributed by atoms with van der Waals surface area (Å²) < 4.78 is 1.78. The average Bonchev–Trinajstić information content (AvgIpc) is 2.68. The Labute approximate surface area is 116 Å². The highest BCUT2D eigenvalue weighted by Gasteiger charge is 2.11. The van der Waals surface area contributed by atoms with Crippen LogP contribution >= 0.6 is 23.4 Å². The molecule has 0 saturated heterocycles. The molecule has 5 heteroatoms. The third kappa shape index (κ3) is 3.28. The molecule has 0 aliphatic rings. The van der Waals surface area contributed by atoms with Crippen LogP contribution < -0.4 is 5.73 Å². The maximum Gasteiger partial charge on any atom is 0.0629 e. The summed E-state index contributed by atoms with van der Waals surface area (Å²) in [5.41, 5.74) is 7.06. The van der Waals surface area contributed by atoms with Crippen LogP contribution in [0.25, 0.3) is 0 Å². The second-order valence-corrected chi connectivity index (χ2v) is 5.85. The number of hydrogen-bond donors (Lipinski definition) is 1. The van der Waals surface area contributed by atoms with Crippen LogP contribution in [0.5, 0.6) is 0 Å². The fraction of sp³-hybridized carbons (Fsp3) is 0.308. The first-order valence-corrected chi connectivity index (χ1v) is 6.95. The lowest BCUT2D eigenvalue weighted by molar-refractivity contribution is 0.729. The summed E-state index contributed by atoms with van der Waals surface area (Å²) in [7, 11) is 1.90. The molecule has 2 rings (SSSR count). The summed E-state index contributed by atoms with van der Waals surface area (Å²) in [5.74, 6) is 0. The number of benzene rings is 1. The number of nitrogens with zero attached hydrogens (tertiary/aromatic N) is 2. The van der Waals surface area contributed by atoms with E-state index in [1.54, 1.807) is 16.4 Å². The monoisotopic (exact) mass is 281 g/mol. The van der Waals surface area contributed by atoms with Crippen LogP contribution in [0, 0.1) is 0 Å². The zero-order valence-corrected chi connectivity index (χ0v) is 12.0. The Bertz CT molecular complexity index is 537. The molecule has 0 amide bonds. The highest BCUT2D eigenvalue weighted by atomic mass is 35.5. The van der Waals surface area contributed by atoms with Crippen LogP contribution in [0.1, 0.15) is 12.5 Å². The van der Waals surface area contributed by atoms with Crippen molar-refractivity contribution in [2.45, 2.75) is 29.2 Å². The van der Waals surface area contributed by atoms with E-state index in [0.29, 0.717) is 0 Å². The highest BCUT2D eigenvalue weighted by Crippen LogP contribution is 2.36. The zero-order valence-electron chi connectivity index (χ0n) is 10.4. The quantitative estimate of drug-likeness (QED) is 0.936. The molecule has 1 unspecified atom stereocenters. The highest BCUT2D eigenvalue weighted by molar-refractivity contribution is 7.99. The first-order valence-electron chi connectivity index (χ1n) is 5.75. The molecule has 18 heavy (non-hydrogen) atoms. The van der Waals surface area contributed by atoms with E-state index < -0.39 is 0 Å².